The third-order valence-electron chi connectivity index (χ3n) is 6.57. The van der Waals surface area contributed by atoms with Gasteiger partial charge in [0.05, 0.1) is 6.61 Å². The van der Waals surface area contributed by atoms with Crippen molar-refractivity contribution in [3.05, 3.63) is 76.3 Å². The lowest BCUT2D eigenvalue weighted by Crippen LogP contribution is -2.30. The van der Waals surface area contributed by atoms with Gasteiger partial charge in [0.2, 0.25) is 0 Å². The fourth-order valence-electron chi connectivity index (χ4n) is 4.75. The zero-order valence-corrected chi connectivity index (χ0v) is 26.2. The van der Waals surface area contributed by atoms with Gasteiger partial charge in [0, 0.05) is 36.0 Å². The smallest absolute Gasteiger partial charge is 0.188 e. The van der Waals surface area contributed by atoms with Gasteiger partial charge in [-0.2, -0.15) is 0 Å². The molecule has 0 unspecified atom stereocenters. The Morgan fingerprint density at radius 1 is 0.667 bits per heavy atom. The standard InChI is InChI=1S/C33H45O5P/c1-22-15-25(32(3,4)5)30(37-20-35-9)28(17-22)39(27-14-12-11-13-24(27)19-34)29-18-23(2)16-26(33(6,7)8)31(29)38-21-36-10/h11-18,34H,19-21H2,1-10H3. The van der Waals surface area contributed by atoms with Crippen LogP contribution in [0, 0.1) is 13.8 Å². The Morgan fingerprint density at radius 2 is 1.10 bits per heavy atom. The summed E-state index contributed by atoms with van der Waals surface area (Å²) in [5.41, 5.74) is 5.09. The molecule has 0 aromatic heterocycles. The predicted molar refractivity (Wildman–Crippen MR) is 163 cm³/mol. The van der Waals surface area contributed by atoms with Crippen LogP contribution < -0.4 is 25.4 Å². The first-order valence-corrected chi connectivity index (χ1v) is 14.7. The molecule has 0 radical (unpaired) electrons. The molecule has 0 aliphatic rings. The monoisotopic (exact) mass is 552 g/mol. The van der Waals surface area contributed by atoms with E-state index in [1.54, 1.807) is 14.2 Å². The number of ether oxygens (including phenoxy) is 4. The van der Waals surface area contributed by atoms with E-state index in [1.807, 2.05) is 18.2 Å². The summed E-state index contributed by atoms with van der Waals surface area (Å²) in [4.78, 5) is 0. The average molecular weight is 553 g/mol. The fraction of sp³-hybridized carbons (Fsp3) is 0.455. The highest BCUT2D eigenvalue weighted by atomic mass is 31.1. The molecule has 212 valence electrons. The van der Waals surface area contributed by atoms with Crippen molar-refractivity contribution >= 4 is 23.8 Å². The van der Waals surface area contributed by atoms with Crippen molar-refractivity contribution in [2.75, 3.05) is 27.8 Å². The summed E-state index contributed by atoms with van der Waals surface area (Å²) >= 11 is 0. The van der Waals surface area contributed by atoms with Crippen molar-refractivity contribution in [3.63, 3.8) is 0 Å². The molecule has 39 heavy (non-hydrogen) atoms. The molecule has 3 aromatic carbocycles. The van der Waals surface area contributed by atoms with Gasteiger partial charge in [0.25, 0.3) is 0 Å². The maximum atomic E-state index is 10.5. The highest BCUT2D eigenvalue weighted by Crippen LogP contribution is 2.46. The zero-order chi connectivity index (χ0) is 29.0. The minimum atomic E-state index is -1.23. The Hall–Kier alpha value is -2.43. The van der Waals surface area contributed by atoms with Gasteiger partial charge in [0.15, 0.2) is 13.6 Å². The maximum absolute atomic E-state index is 10.5. The Labute approximate surface area is 236 Å². The van der Waals surface area contributed by atoms with Crippen molar-refractivity contribution in [1.82, 2.24) is 0 Å². The number of hydrogen-bond donors (Lipinski definition) is 1. The summed E-state index contributed by atoms with van der Waals surface area (Å²) in [6.07, 6.45) is 0. The molecular formula is C33H45O5P. The van der Waals surface area contributed by atoms with Gasteiger partial charge in [-0.05, 0) is 66.7 Å². The van der Waals surface area contributed by atoms with Gasteiger partial charge in [-0.3, -0.25) is 0 Å². The van der Waals surface area contributed by atoms with Crippen LogP contribution in [-0.2, 0) is 26.9 Å². The van der Waals surface area contributed by atoms with Gasteiger partial charge in [-0.1, -0.05) is 77.9 Å². The van der Waals surface area contributed by atoms with Crippen LogP contribution in [0.4, 0.5) is 0 Å². The van der Waals surface area contributed by atoms with Crippen LogP contribution in [0.1, 0.15) is 69.4 Å². The topological polar surface area (TPSA) is 57.2 Å². The normalized spacial score (nSPS) is 12.2. The van der Waals surface area contributed by atoms with Crippen LogP contribution in [-0.4, -0.2) is 32.9 Å². The SMILES string of the molecule is COCOc1c(P(c2ccccc2CO)c2cc(C)cc(C(C)(C)C)c2OCOC)cc(C)cc1C(C)(C)C. The van der Waals surface area contributed by atoms with Crippen molar-refractivity contribution < 1.29 is 24.1 Å². The second-order valence-corrected chi connectivity index (χ2v) is 14.2. The van der Waals surface area contributed by atoms with Gasteiger partial charge in [-0.15, -0.1) is 0 Å². The van der Waals surface area contributed by atoms with E-state index in [1.165, 1.54) is 0 Å². The van der Waals surface area contributed by atoms with Crippen LogP contribution >= 0.6 is 7.92 Å². The Balaban J connectivity index is 2.54. The molecular weight excluding hydrogens is 507 g/mol. The van der Waals surface area contributed by atoms with Crippen LogP contribution in [0.15, 0.2) is 48.5 Å². The molecule has 5 nitrogen and oxygen atoms in total. The van der Waals surface area contributed by atoms with Gasteiger partial charge in [-0.25, -0.2) is 0 Å². The number of methoxy groups -OCH3 is 2. The second kappa shape index (κ2) is 12.8. The minimum absolute atomic E-state index is 0.0621. The molecule has 0 atom stereocenters. The number of aliphatic hydroxyl groups excluding tert-OH is 1. The van der Waals surface area contributed by atoms with E-state index in [0.717, 1.165) is 55.2 Å². The summed E-state index contributed by atoms with van der Waals surface area (Å²) < 4.78 is 23.6. The van der Waals surface area contributed by atoms with E-state index in [-0.39, 0.29) is 31.0 Å². The summed E-state index contributed by atoms with van der Waals surface area (Å²) in [6.45, 7) is 17.7. The highest BCUT2D eigenvalue weighted by Gasteiger charge is 2.33. The van der Waals surface area contributed by atoms with Crippen molar-refractivity contribution in [3.8, 4) is 11.5 Å². The Kier molecular flexibility index (Phi) is 10.2. The van der Waals surface area contributed by atoms with Crippen molar-refractivity contribution in [2.45, 2.75) is 72.8 Å². The lowest BCUT2D eigenvalue weighted by atomic mass is 9.85. The molecule has 0 saturated heterocycles. The summed E-state index contributed by atoms with van der Waals surface area (Å²) in [5.74, 6) is 1.65. The van der Waals surface area contributed by atoms with E-state index in [0.29, 0.717) is 0 Å². The summed E-state index contributed by atoms with van der Waals surface area (Å²) in [7, 11) is 2.05. The number of hydrogen-bond acceptors (Lipinski definition) is 5. The summed E-state index contributed by atoms with van der Waals surface area (Å²) in [6, 6.07) is 17.0. The lowest BCUT2D eigenvalue weighted by molar-refractivity contribution is 0.0506. The van der Waals surface area contributed by atoms with Gasteiger partial charge < -0.3 is 24.1 Å². The Morgan fingerprint density at radius 3 is 1.49 bits per heavy atom. The molecule has 0 heterocycles. The molecule has 0 fully saturated rings. The average Bonchev–Trinajstić information content (AvgIpc) is 2.86. The van der Waals surface area contributed by atoms with Crippen LogP contribution in [0.5, 0.6) is 11.5 Å². The van der Waals surface area contributed by atoms with Crippen LogP contribution in [0.3, 0.4) is 0 Å². The minimum Gasteiger partial charge on any atom is -0.467 e. The number of benzene rings is 3. The molecule has 0 aliphatic carbocycles. The van der Waals surface area contributed by atoms with Gasteiger partial charge >= 0.3 is 0 Å². The molecule has 1 N–H and O–H groups in total. The molecule has 3 aromatic rings. The van der Waals surface area contributed by atoms with Gasteiger partial charge in [0.1, 0.15) is 11.5 Å². The maximum Gasteiger partial charge on any atom is 0.188 e. The fourth-order valence-corrected chi connectivity index (χ4v) is 7.63. The van der Waals surface area contributed by atoms with E-state index >= 15 is 0 Å². The predicted octanol–water partition coefficient (Wildman–Crippen LogP) is 6.11. The number of aliphatic hydroxyl groups is 1. The molecule has 0 saturated carbocycles. The van der Waals surface area contributed by atoms with Crippen LogP contribution in [0.25, 0.3) is 0 Å². The van der Waals surface area contributed by atoms with E-state index < -0.39 is 7.92 Å². The first-order chi connectivity index (χ1) is 18.3. The van der Waals surface area contributed by atoms with Crippen molar-refractivity contribution in [2.24, 2.45) is 0 Å². The number of aryl methyl sites for hydroxylation is 2. The third-order valence-corrected chi connectivity index (χ3v) is 9.12. The molecule has 0 spiro atoms. The van der Waals surface area contributed by atoms with E-state index in [4.69, 9.17) is 18.9 Å². The molecule has 6 heteroatoms. The van der Waals surface area contributed by atoms with Crippen LogP contribution in [0.2, 0.25) is 0 Å². The molecule has 0 aliphatic heterocycles. The first kappa shape index (κ1) is 31.1. The molecule has 3 rings (SSSR count). The second-order valence-electron chi connectivity index (χ2n) is 12.0. The summed E-state index contributed by atoms with van der Waals surface area (Å²) in [5, 5.41) is 13.7. The first-order valence-electron chi connectivity index (χ1n) is 13.4. The van der Waals surface area contributed by atoms with Crippen molar-refractivity contribution in [1.29, 1.82) is 0 Å². The quantitative estimate of drug-likeness (QED) is 0.243. The largest absolute Gasteiger partial charge is 0.467 e. The van der Waals surface area contributed by atoms with E-state index in [2.05, 4.69) is 85.7 Å². The third kappa shape index (κ3) is 7.21. The zero-order valence-electron chi connectivity index (χ0n) is 25.3. The number of rotatable bonds is 10. The van der Waals surface area contributed by atoms with E-state index in [9.17, 15) is 5.11 Å². The highest BCUT2D eigenvalue weighted by molar-refractivity contribution is 7.80. The lowest BCUT2D eigenvalue weighted by Gasteiger charge is -2.32. The molecule has 0 amide bonds. The molecule has 0 bridgehead atoms. The Bertz CT molecular complexity index is 1190.